The Bertz CT molecular complexity index is 1130. The second kappa shape index (κ2) is 7.90. The molecule has 2 amide bonds. The van der Waals surface area contributed by atoms with Crippen molar-refractivity contribution in [2.75, 3.05) is 18.9 Å². The highest BCUT2D eigenvalue weighted by atomic mass is 16.2. The summed E-state index contributed by atoms with van der Waals surface area (Å²) in [5.74, 6) is 0.0759. The molecule has 1 aliphatic carbocycles. The summed E-state index contributed by atoms with van der Waals surface area (Å²) < 4.78 is 0. The van der Waals surface area contributed by atoms with Crippen molar-refractivity contribution in [3.63, 3.8) is 0 Å². The van der Waals surface area contributed by atoms with Gasteiger partial charge in [-0.05, 0) is 56.9 Å². The van der Waals surface area contributed by atoms with Crippen LogP contribution in [0.3, 0.4) is 0 Å². The lowest BCUT2D eigenvalue weighted by molar-refractivity contribution is -0.116. The Hall–Kier alpha value is -3.21. The molecule has 1 aliphatic rings. The number of aryl methyl sites for hydroxylation is 3. The van der Waals surface area contributed by atoms with E-state index in [0.717, 1.165) is 51.8 Å². The second-order valence-electron chi connectivity index (χ2n) is 8.37. The number of aromatic nitrogens is 1. The highest BCUT2D eigenvalue weighted by molar-refractivity contribution is 6.07. The first-order chi connectivity index (χ1) is 14.3. The number of hydrogen-bond donors (Lipinski definition) is 1. The quantitative estimate of drug-likeness (QED) is 0.671. The molecule has 0 aliphatic heterocycles. The molecule has 1 saturated carbocycles. The number of anilines is 1. The van der Waals surface area contributed by atoms with E-state index < -0.39 is 0 Å². The summed E-state index contributed by atoms with van der Waals surface area (Å²) in [6, 6.07) is 13.7. The van der Waals surface area contributed by atoms with Crippen LogP contribution in [0.25, 0.3) is 10.9 Å². The molecule has 1 N–H and O–H groups in total. The third kappa shape index (κ3) is 4.06. The number of carbonyl (C=O) groups is 2. The largest absolute Gasteiger partial charge is 0.332 e. The number of carbonyl (C=O) groups excluding carboxylic acids is 2. The standard InChI is InChI=1S/C25H27N3O2/c1-15-11-16(2)24(17(3)12-15)27-23(29)14-28(4)25(30)20-13-22(18-9-10-18)26-21-8-6-5-7-19(20)21/h5-8,11-13,18H,9-10,14H2,1-4H3,(H,27,29). The van der Waals surface area contributed by atoms with Crippen molar-refractivity contribution in [2.45, 2.75) is 39.5 Å². The molecule has 0 bridgehead atoms. The van der Waals surface area contributed by atoms with Crippen molar-refractivity contribution in [3.8, 4) is 0 Å². The fourth-order valence-corrected chi connectivity index (χ4v) is 4.01. The molecular formula is C25H27N3O2. The van der Waals surface area contributed by atoms with Gasteiger partial charge in [-0.2, -0.15) is 0 Å². The molecule has 30 heavy (non-hydrogen) atoms. The fraction of sp³-hybridized carbons (Fsp3) is 0.320. The maximum atomic E-state index is 13.2. The Morgan fingerprint density at radius 2 is 1.73 bits per heavy atom. The zero-order valence-electron chi connectivity index (χ0n) is 18.0. The van der Waals surface area contributed by atoms with Crippen molar-refractivity contribution in [1.82, 2.24) is 9.88 Å². The minimum Gasteiger partial charge on any atom is -0.332 e. The third-order valence-corrected chi connectivity index (χ3v) is 5.63. The smallest absolute Gasteiger partial charge is 0.254 e. The van der Waals surface area contributed by atoms with E-state index in [2.05, 4.69) is 5.32 Å². The van der Waals surface area contributed by atoms with Crippen molar-refractivity contribution >= 4 is 28.4 Å². The van der Waals surface area contributed by atoms with Crippen LogP contribution in [0.15, 0.2) is 42.5 Å². The van der Waals surface area contributed by atoms with Crippen LogP contribution < -0.4 is 5.32 Å². The summed E-state index contributed by atoms with van der Waals surface area (Å²) in [6.45, 7) is 5.98. The first-order valence-electron chi connectivity index (χ1n) is 10.4. The van der Waals surface area contributed by atoms with Crippen molar-refractivity contribution in [2.24, 2.45) is 0 Å². The van der Waals surface area contributed by atoms with E-state index in [4.69, 9.17) is 4.98 Å². The Morgan fingerprint density at radius 3 is 2.40 bits per heavy atom. The fourth-order valence-electron chi connectivity index (χ4n) is 4.01. The summed E-state index contributed by atoms with van der Waals surface area (Å²) >= 11 is 0. The molecule has 1 heterocycles. The van der Waals surface area contributed by atoms with Gasteiger partial charge in [0.1, 0.15) is 0 Å². The lowest BCUT2D eigenvalue weighted by Gasteiger charge is -2.20. The van der Waals surface area contributed by atoms with Gasteiger partial charge in [-0.3, -0.25) is 14.6 Å². The zero-order valence-corrected chi connectivity index (χ0v) is 18.0. The van der Waals surface area contributed by atoms with Gasteiger partial charge in [-0.1, -0.05) is 35.9 Å². The number of amides is 2. The average molecular weight is 402 g/mol. The molecule has 0 radical (unpaired) electrons. The molecule has 0 saturated heterocycles. The lowest BCUT2D eigenvalue weighted by Crippen LogP contribution is -2.35. The van der Waals surface area contributed by atoms with Gasteiger partial charge in [-0.15, -0.1) is 0 Å². The highest BCUT2D eigenvalue weighted by Crippen LogP contribution is 2.40. The molecule has 2 aromatic carbocycles. The Morgan fingerprint density at radius 1 is 1.07 bits per heavy atom. The van der Waals surface area contributed by atoms with E-state index in [1.807, 2.05) is 63.2 Å². The molecule has 0 spiro atoms. The predicted octanol–water partition coefficient (Wildman–Crippen LogP) is 4.75. The second-order valence-corrected chi connectivity index (χ2v) is 8.37. The number of fused-ring (bicyclic) bond motifs is 1. The molecular weight excluding hydrogens is 374 g/mol. The minimum absolute atomic E-state index is 0.0129. The number of hydrogen-bond acceptors (Lipinski definition) is 3. The van der Waals surface area contributed by atoms with E-state index in [1.54, 1.807) is 7.05 Å². The molecule has 1 aromatic heterocycles. The van der Waals surface area contributed by atoms with Gasteiger partial charge in [0.2, 0.25) is 5.91 Å². The third-order valence-electron chi connectivity index (χ3n) is 5.63. The van der Waals surface area contributed by atoms with Gasteiger partial charge in [0.15, 0.2) is 0 Å². The van der Waals surface area contributed by atoms with Crippen molar-refractivity contribution in [1.29, 1.82) is 0 Å². The molecule has 5 heteroatoms. The van der Waals surface area contributed by atoms with Crippen LogP contribution in [0.2, 0.25) is 0 Å². The van der Waals surface area contributed by atoms with Gasteiger partial charge in [0.05, 0.1) is 17.6 Å². The van der Waals surface area contributed by atoms with Crippen LogP contribution >= 0.6 is 0 Å². The number of nitrogens with one attached hydrogen (secondary N) is 1. The summed E-state index contributed by atoms with van der Waals surface area (Å²) in [4.78, 5) is 32.1. The minimum atomic E-state index is -0.207. The van der Waals surface area contributed by atoms with Crippen LogP contribution in [0.4, 0.5) is 5.69 Å². The van der Waals surface area contributed by atoms with Crippen LogP contribution in [0.1, 0.15) is 51.5 Å². The average Bonchev–Trinajstić information content (AvgIpc) is 3.54. The molecule has 0 unspecified atom stereocenters. The predicted molar refractivity (Wildman–Crippen MR) is 120 cm³/mol. The SMILES string of the molecule is Cc1cc(C)c(NC(=O)CN(C)C(=O)c2cc(C3CC3)nc3ccccc23)c(C)c1. The molecule has 4 rings (SSSR count). The van der Waals surface area contributed by atoms with E-state index >= 15 is 0 Å². The van der Waals surface area contributed by atoms with Gasteiger partial charge in [-0.25, -0.2) is 0 Å². The normalized spacial score (nSPS) is 13.3. The number of para-hydroxylation sites is 1. The number of benzene rings is 2. The number of rotatable bonds is 5. The van der Waals surface area contributed by atoms with Crippen LogP contribution in [0, 0.1) is 20.8 Å². The molecule has 154 valence electrons. The Labute approximate surface area is 177 Å². The number of nitrogens with zero attached hydrogens (tertiary/aromatic N) is 2. The Kier molecular flexibility index (Phi) is 5.29. The van der Waals surface area contributed by atoms with E-state index in [0.29, 0.717) is 11.5 Å². The van der Waals surface area contributed by atoms with Gasteiger partial charge in [0.25, 0.3) is 5.91 Å². The van der Waals surface area contributed by atoms with Gasteiger partial charge < -0.3 is 10.2 Å². The topological polar surface area (TPSA) is 62.3 Å². The first kappa shape index (κ1) is 20.1. The molecule has 3 aromatic rings. The van der Waals surface area contributed by atoms with Crippen LogP contribution in [0.5, 0.6) is 0 Å². The maximum Gasteiger partial charge on any atom is 0.254 e. The summed E-state index contributed by atoms with van der Waals surface area (Å²) in [6.07, 6.45) is 2.24. The number of likely N-dealkylation sites (N-methyl/N-ethyl adjacent to an activating group) is 1. The van der Waals surface area contributed by atoms with Crippen molar-refractivity contribution < 1.29 is 9.59 Å². The van der Waals surface area contributed by atoms with Crippen LogP contribution in [-0.2, 0) is 4.79 Å². The molecule has 1 fully saturated rings. The molecule has 5 nitrogen and oxygen atoms in total. The first-order valence-corrected chi connectivity index (χ1v) is 10.4. The summed E-state index contributed by atoms with van der Waals surface area (Å²) in [7, 11) is 1.67. The van der Waals surface area contributed by atoms with E-state index in [-0.39, 0.29) is 18.4 Å². The van der Waals surface area contributed by atoms with Crippen LogP contribution in [-0.4, -0.2) is 35.3 Å². The number of pyridine rings is 1. The maximum absolute atomic E-state index is 13.2. The summed E-state index contributed by atoms with van der Waals surface area (Å²) in [5.41, 5.74) is 6.42. The zero-order chi connectivity index (χ0) is 21.4. The van der Waals surface area contributed by atoms with Gasteiger partial charge >= 0.3 is 0 Å². The highest BCUT2D eigenvalue weighted by Gasteiger charge is 2.27. The Balaban J connectivity index is 1.55. The van der Waals surface area contributed by atoms with E-state index in [1.165, 1.54) is 4.90 Å². The summed E-state index contributed by atoms with van der Waals surface area (Å²) in [5, 5.41) is 3.80. The lowest BCUT2D eigenvalue weighted by atomic mass is 10.0. The van der Waals surface area contributed by atoms with Crippen molar-refractivity contribution in [3.05, 3.63) is 70.4 Å². The van der Waals surface area contributed by atoms with E-state index in [9.17, 15) is 9.59 Å². The van der Waals surface area contributed by atoms with Gasteiger partial charge in [0, 0.05) is 29.7 Å². The monoisotopic (exact) mass is 401 g/mol. The molecule has 0 atom stereocenters.